The second-order valence-electron chi connectivity index (χ2n) is 8.67. The van der Waals surface area contributed by atoms with Crippen molar-refractivity contribution < 1.29 is 4.79 Å². The maximum absolute atomic E-state index is 13.2. The molecule has 1 aromatic carbocycles. The summed E-state index contributed by atoms with van der Waals surface area (Å²) >= 11 is 0. The fraction of sp³-hybridized carbons (Fsp3) is 0.458. The van der Waals surface area contributed by atoms with Crippen LogP contribution in [0.15, 0.2) is 30.3 Å². The van der Waals surface area contributed by atoms with Gasteiger partial charge in [-0.25, -0.2) is 0 Å². The number of carbonyl (C=O) groups is 1. The summed E-state index contributed by atoms with van der Waals surface area (Å²) in [6, 6.07) is 10.4. The Balaban J connectivity index is 1.29. The summed E-state index contributed by atoms with van der Waals surface area (Å²) in [7, 11) is 0. The second-order valence-corrected chi connectivity index (χ2v) is 8.67. The zero-order valence-electron chi connectivity index (χ0n) is 18.6. The highest BCUT2D eigenvalue weighted by atomic mass is 16.2. The van der Waals surface area contributed by atoms with Crippen LogP contribution in [-0.4, -0.2) is 48.4 Å². The number of carbonyl (C=O) groups excluding carboxylic acids is 1. The van der Waals surface area contributed by atoms with E-state index in [2.05, 4.69) is 58.7 Å². The van der Waals surface area contributed by atoms with Crippen molar-refractivity contribution in [2.24, 2.45) is 0 Å². The Labute approximate surface area is 183 Å². The van der Waals surface area contributed by atoms with E-state index in [1.807, 2.05) is 21.7 Å². The molecule has 7 heteroatoms. The minimum atomic E-state index is 0.0406. The molecule has 5 rings (SSSR count). The van der Waals surface area contributed by atoms with Gasteiger partial charge in [-0.05, 0) is 44.4 Å². The molecule has 0 aliphatic carbocycles. The van der Waals surface area contributed by atoms with Gasteiger partial charge in [0.1, 0.15) is 0 Å². The van der Waals surface area contributed by atoms with Crippen LogP contribution in [0.4, 0.5) is 0 Å². The second kappa shape index (κ2) is 7.96. The predicted octanol–water partition coefficient (Wildman–Crippen LogP) is 2.93. The predicted molar refractivity (Wildman–Crippen MR) is 119 cm³/mol. The monoisotopic (exact) mass is 418 g/mol. The number of fused-ring (bicyclic) bond motifs is 2. The summed E-state index contributed by atoms with van der Waals surface area (Å²) in [4.78, 5) is 17.5. The first-order chi connectivity index (χ1) is 15.0. The van der Waals surface area contributed by atoms with Gasteiger partial charge in [-0.1, -0.05) is 24.3 Å². The van der Waals surface area contributed by atoms with Crippen molar-refractivity contribution in [3.05, 3.63) is 69.8 Å². The van der Waals surface area contributed by atoms with Gasteiger partial charge in [0.15, 0.2) is 5.69 Å². The molecule has 0 bridgehead atoms. The highest BCUT2D eigenvalue weighted by Crippen LogP contribution is 2.23. The van der Waals surface area contributed by atoms with Crippen LogP contribution in [0.1, 0.15) is 51.2 Å². The largest absolute Gasteiger partial charge is 0.333 e. The molecule has 7 nitrogen and oxygen atoms in total. The van der Waals surface area contributed by atoms with E-state index in [9.17, 15) is 4.79 Å². The van der Waals surface area contributed by atoms with Crippen LogP contribution in [0.3, 0.4) is 0 Å². The van der Waals surface area contributed by atoms with Crippen molar-refractivity contribution in [2.45, 2.75) is 59.9 Å². The zero-order chi connectivity index (χ0) is 21.5. The maximum atomic E-state index is 13.2. The van der Waals surface area contributed by atoms with Crippen molar-refractivity contribution in [1.82, 2.24) is 29.4 Å². The SMILES string of the molecule is CCn1nc(C)c(CN2CCn3nc(C(=O)N4CCc5ccccc5C4)cc3C2)c1C. The van der Waals surface area contributed by atoms with E-state index in [4.69, 9.17) is 0 Å². The zero-order valence-corrected chi connectivity index (χ0v) is 18.6. The molecule has 1 amide bonds. The average molecular weight is 419 g/mol. The molecule has 31 heavy (non-hydrogen) atoms. The van der Waals surface area contributed by atoms with Crippen LogP contribution >= 0.6 is 0 Å². The van der Waals surface area contributed by atoms with E-state index in [0.29, 0.717) is 12.2 Å². The van der Waals surface area contributed by atoms with Gasteiger partial charge >= 0.3 is 0 Å². The standard InChI is InChI=1S/C24H30N6O/c1-4-29-18(3)22(17(2)25-29)16-27-11-12-30-21(15-27)13-23(26-30)24(31)28-10-9-19-7-5-6-8-20(19)14-28/h5-8,13H,4,9-12,14-16H2,1-3H3. The topological polar surface area (TPSA) is 59.2 Å². The molecule has 0 atom stereocenters. The van der Waals surface area contributed by atoms with Crippen molar-refractivity contribution in [2.75, 3.05) is 13.1 Å². The number of amides is 1. The lowest BCUT2D eigenvalue weighted by atomic mass is 10.00. The molecular formula is C24H30N6O. The summed E-state index contributed by atoms with van der Waals surface area (Å²) < 4.78 is 4.09. The van der Waals surface area contributed by atoms with E-state index in [1.165, 1.54) is 22.4 Å². The van der Waals surface area contributed by atoms with Crippen molar-refractivity contribution >= 4 is 5.91 Å². The number of benzene rings is 1. The summed E-state index contributed by atoms with van der Waals surface area (Å²) in [6.07, 6.45) is 0.910. The van der Waals surface area contributed by atoms with Crippen LogP contribution in [-0.2, 0) is 39.1 Å². The number of hydrogen-bond donors (Lipinski definition) is 0. The van der Waals surface area contributed by atoms with Crippen LogP contribution in [0.25, 0.3) is 0 Å². The van der Waals surface area contributed by atoms with Gasteiger partial charge in [0, 0.05) is 50.5 Å². The molecule has 0 radical (unpaired) electrons. The minimum Gasteiger partial charge on any atom is -0.333 e. The Morgan fingerprint density at radius 1 is 1.03 bits per heavy atom. The summed E-state index contributed by atoms with van der Waals surface area (Å²) in [5.41, 5.74) is 7.96. The Kier molecular flexibility index (Phi) is 5.14. The molecular weight excluding hydrogens is 388 g/mol. The van der Waals surface area contributed by atoms with E-state index >= 15 is 0 Å². The van der Waals surface area contributed by atoms with E-state index in [0.717, 1.165) is 57.1 Å². The molecule has 0 unspecified atom stereocenters. The molecule has 0 saturated carbocycles. The van der Waals surface area contributed by atoms with Crippen LogP contribution in [0.2, 0.25) is 0 Å². The van der Waals surface area contributed by atoms with E-state index in [-0.39, 0.29) is 5.91 Å². The molecule has 4 heterocycles. The number of nitrogens with zero attached hydrogens (tertiary/aromatic N) is 6. The molecule has 2 aromatic heterocycles. The first-order valence-electron chi connectivity index (χ1n) is 11.2. The molecule has 162 valence electrons. The van der Waals surface area contributed by atoms with Crippen LogP contribution in [0.5, 0.6) is 0 Å². The number of aromatic nitrogens is 4. The highest BCUT2D eigenvalue weighted by molar-refractivity contribution is 5.92. The highest BCUT2D eigenvalue weighted by Gasteiger charge is 2.27. The molecule has 2 aliphatic heterocycles. The van der Waals surface area contributed by atoms with Gasteiger partial charge in [-0.15, -0.1) is 0 Å². The smallest absolute Gasteiger partial charge is 0.274 e. The Morgan fingerprint density at radius 2 is 1.84 bits per heavy atom. The molecule has 3 aromatic rings. The third kappa shape index (κ3) is 3.67. The van der Waals surface area contributed by atoms with E-state index < -0.39 is 0 Å². The quantitative estimate of drug-likeness (QED) is 0.654. The Bertz CT molecular complexity index is 1130. The van der Waals surface area contributed by atoms with Gasteiger partial charge in [0.2, 0.25) is 0 Å². The number of rotatable bonds is 4. The average Bonchev–Trinajstić information content (AvgIpc) is 3.34. The van der Waals surface area contributed by atoms with Crippen molar-refractivity contribution in [3.8, 4) is 0 Å². The van der Waals surface area contributed by atoms with Crippen molar-refractivity contribution in [1.29, 1.82) is 0 Å². The van der Waals surface area contributed by atoms with Crippen LogP contribution < -0.4 is 0 Å². The van der Waals surface area contributed by atoms with Gasteiger partial charge in [0.05, 0.1) is 17.9 Å². The fourth-order valence-electron chi connectivity index (χ4n) is 4.89. The van der Waals surface area contributed by atoms with E-state index in [1.54, 1.807) is 0 Å². The summed E-state index contributed by atoms with van der Waals surface area (Å²) in [6.45, 7) is 12.1. The lowest BCUT2D eigenvalue weighted by Gasteiger charge is -2.28. The lowest BCUT2D eigenvalue weighted by molar-refractivity contribution is 0.0727. The summed E-state index contributed by atoms with van der Waals surface area (Å²) in [5.74, 6) is 0.0406. The van der Waals surface area contributed by atoms with Gasteiger partial charge in [0.25, 0.3) is 5.91 Å². The molecule has 2 aliphatic rings. The third-order valence-electron chi connectivity index (χ3n) is 6.73. The van der Waals surface area contributed by atoms with Crippen LogP contribution in [0, 0.1) is 13.8 Å². The van der Waals surface area contributed by atoms with Gasteiger partial charge in [-0.3, -0.25) is 19.1 Å². The Morgan fingerprint density at radius 3 is 2.61 bits per heavy atom. The number of aryl methyl sites for hydroxylation is 2. The third-order valence-corrected chi connectivity index (χ3v) is 6.73. The lowest BCUT2D eigenvalue weighted by Crippen LogP contribution is -2.36. The fourth-order valence-corrected chi connectivity index (χ4v) is 4.89. The summed E-state index contributed by atoms with van der Waals surface area (Å²) in [5, 5.41) is 9.31. The minimum absolute atomic E-state index is 0.0406. The molecule has 0 fully saturated rings. The first-order valence-corrected chi connectivity index (χ1v) is 11.2. The Hall–Kier alpha value is -2.93. The normalized spacial score (nSPS) is 16.3. The van der Waals surface area contributed by atoms with Crippen molar-refractivity contribution in [3.63, 3.8) is 0 Å². The molecule has 0 N–H and O–H groups in total. The van der Waals surface area contributed by atoms with Gasteiger partial charge < -0.3 is 4.90 Å². The number of hydrogen-bond acceptors (Lipinski definition) is 4. The molecule has 0 saturated heterocycles. The first kappa shape index (κ1) is 20.0. The maximum Gasteiger partial charge on any atom is 0.274 e. The molecule has 0 spiro atoms. The van der Waals surface area contributed by atoms with Gasteiger partial charge in [-0.2, -0.15) is 10.2 Å².